The zero-order valence-electron chi connectivity index (χ0n) is 12.1. The highest BCUT2D eigenvalue weighted by Gasteiger charge is 2.25. The number of hydrogen-bond acceptors (Lipinski definition) is 3. The summed E-state index contributed by atoms with van der Waals surface area (Å²) in [6.07, 6.45) is 2.20. The number of nitrogens with zero attached hydrogens (tertiary/aromatic N) is 2. The number of urea groups is 1. The largest absolute Gasteiger partial charge is 0.439 e. The lowest BCUT2D eigenvalue weighted by Gasteiger charge is -2.17. The highest BCUT2D eigenvalue weighted by atomic mass is 79.9. The van der Waals surface area contributed by atoms with Crippen LogP contribution in [0.5, 0.6) is 0 Å². The Labute approximate surface area is 131 Å². The minimum atomic E-state index is -0.0700. The van der Waals surface area contributed by atoms with Crippen LogP contribution in [0, 0.1) is 12.8 Å². The van der Waals surface area contributed by atoms with Crippen LogP contribution >= 0.6 is 15.9 Å². The molecule has 0 bridgehead atoms. The van der Waals surface area contributed by atoms with E-state index in [-0.39, 0.29) is 6.03 Å². The molecule has 0 aliphatic carbocycles. The number of hydrogen-bond donors (Lipinski definition) is 1. The topological polar surface area (TPSA) is 58.4 Å². The van der Waals surface area contributed by atoms with Gasteiger partial charge in [0.05, 0.1) is 5.69 Å². The number of rotatable bonds is 2. The van der Waals surface area contributed by atoms with E-state index in [1.807, 2.05) is 17.0 Å². The number of anilines is 1. The third-order valence-electron chi connectivity index (χ3n) is 3.95. The van der Waals surface area contributed by atoms with E-state index in [1.54, 1.807) is 6.92 Å². The first-order valence-electron chi connectivity index (χ1n) is 7.19. The quantitative estimate of drug-likeness (QED) is 0.883. The molecule has 21 heavy (non-hydrogen) atoms. The van der Waals surface area contributed by atoms with Gasteiger partial charge in [0.25, 0.3) is 0 Å². The van der Waals surface area contributed by atoms with E-state index in [1.165, 1.54) is 0 Å². The monoisotopic (exact) mass is 351 g/mol. The van der Waals surface area contributed by atoms with Gasteiger partial charge in [0.1, 0.15) is 5.52 Å². The van der Waals surface area contributed by atoms with Crippen molar-refractivity contribution in [3.8, 4) is 0 Å². The summed E-state index contributed by atoms with van der Waals surface area (Å²) in [5.41, 5.74) is 2.02. The SMILES string of the molecule is CCC1CCN(C(=O)Nc2cc(Br)cc3nc(C)oc23)C1. The number of nitrogens with one attached hydrogen (secondary N) is 1. The molecule has 0 saturated carbocycles. The van der Waals surface area contributed by atoms with E-state index in [0.29, 0.717) is 23.1 Å². The van der Waals surface area contributed by atoms with Gasteiger partial charge in [0.2, 0.25) is 0 Å². The molecule has 1 atom stereocenters. The average molecular weight is 352 g/mol. The Bertz CT molecular complexity index is 683. The zero-order chi connectivity index (χ0) is 15.0. The molecular formula is C15H18BrN3O2. The summed E-state index contributed by atoms with van der Waals surface area (Å²) in [5.74, 6) is 1.21. The maximum absolute atomic E-state index is 12.4. The summed E-state index contributed by atoms with van der Waals surface area (Å²) in [6, 6.07) is 3.65. The molecule has 112 valence electrons. The highest BCUT2D eigenvalue weighted by molar-refractivity contribution is 9.10. The fraction of sp³-hybridized carbons (Fsp3) is 0.467. The fourth-order valence-corrected chi connectivity index (χ4v) is 3.19. The molecule has 1 aromatic carbocycles. The number of likely N-dealkylation sites (tertiary alicyclic amines) is 1. The molecule has 2 heterocycles. The number of halogens is 1. The Morgan fingerprint density at radius 1 is 1.57 bits per heavy atom. The molecule has 6 heteroatoms. The lowest BCUT2D eigenvalue weighted by Crippen LogP contribution is -2.33. The number of benzene rings is 1. The second-order valence-corrected chi connectivity index (χ2v) is 6.39. The van der Waals surface area contributed by atoms with Gasteiger partial charge in [-0.05, 0) is 24.5 Å². The van der Waals surface area contributed by atoms with E-state index >= 15 is 0 Å². The van der Waals surface area contributed by atoms with E-state index in [9.17, 15) is 4.79 Å². The Morgan fingerprint density at radius 3 is 3.10 bits per heavy atom. The summed E-state index contributed by atoms with van der Waals surface area (Å²) in [7, 11) is 0. The molecule has 1 aromatic heterocycles. The summed E-state index contributed by atoms with van der Waals surface area (Å²) < 4.78 is 6.46. The van der Waals surface area contributed by atoms with Crippen molar-refractivity contribution in [1.82, 2.24) is 9.88 Å². The van der Waals surface area contributed by atoms with Crippen molar-refractivity contribution in [2.45, 2.75) is 26.7 Å². The molecule has 3 rings (SSSR count). The van der Waals surface area contributed by atoms with Gasteiger partial charge in [-0.15, -0.1) is 0 Å². The molecule has 5 nitrogen and oxygen atoms in total. The van der Waals surface area contributed by atoms with E-state index in [0.717, 1.165) is 35.9 Å². The maximum atomic E-state index is 12.4. The number of carbonyl (C=O) groups is 1. The van der Waals surface area contributed by atoms with E-state index in [2.05, 4.69) is 33.2 Å². The summed E-state index contributed by atoms with van der Waals surface area (Å²) in [4.78, 5) is 18.5. The molecular weight excluding hydrogens is 334 g/mol. The lowest BCUT2D eigenvalue weighted by molar-refractivity contribution is 0.220. The normalized spacial score (nSPS) is 18.4. The second kappa shape index (κ2) is 5.67. The van der Waals surface area contributed by atoms with Gasteiger partial charge in [-0.1, -0.05) is 29.3 Å². The van der Waals surface area contributed by atoms with E-state index in [4.69, 9.17) is 4.42 Å². The standard InChI is InChI=1S/C15H18BrN3O2/c1-3-10-4-5-19(8-10)15(20)18-13-7-11(16)6-12-14(13)21-9(2)17-12/h6-7,10H,3-5,8H2,1-2H3,(H,18,20). The lowest BCUT2D eigenvalue weighted by atomic mass is 10.1. The minimum Gasteiger partial charge on any atom is -0.439 e. The van der Waals surface area contributed by atoms with Gasteiger partial charge < -0.3 is 14.6 Å². The highest BCUT2D eigenvalue weighted by Crippen LogP contribution is 2.29. The van der Waals surface area contributed by atoms with Gasteiger partial charge >= 0.3 is 6.03 Å². The van der Waals surface area contributed by atoms with Crippen molar-refractivity contribution in [2.24, 2.45) is 5.92 Å². The van der Waals surface area contributed by atoms with Crippen molar-refractivity contribution < 1.29 is 9.21 Å². The molecule has 0 radical (unpaired) electrons. The number of oxazole rings is 1. The average Bonchev–Trinajstić information content (AvgIpc) is 3.04. The Kier molecular flexibility index (Phi) is 3.89. The van der Waals surface area contributed by atoms with Crippen LogP contribution in [0.1, 0.15) is 25.7 Å². The predicted molar refractivity (Wildman–Crippen MR) is 85.4 cm³/mol. The van der Waals surface area contributed by atoms with Gasteiger partial charge in [-0.2, -0.15) is 0 Å². The van der Waals surface area contributed by atoms with Crippen LogP contribution < -0.4 is 5.32 Å². The number of amides is 2. The Hall–Kier alpha value is -1.56. The van der Waals surface area contributed by atoms with Crippen LogP contribution in [-0.4, -0.2) is 29.0 Å². The van der Waals surface area contributed by atoms with Crippen molar-refractivity contribution in [2.75, 3.05) is 18.4 Å². The molecule has 2 amide bonds. The van der Waals surface area contributed by atoms with Gasteiger partial charge in [-0.25, -0.2) is 9.78 Å². The van der Waals surface area contributed by atoms with Crippen molar-refractivity contribution >= 4 is 38.7 Å². The van der Waals surface area contributed by atoms with E-state index < -0.39 is 0 Å². The zero-order valence-corrected chi connectivity index (χ0v) is 13.7. The minimum absolute atomic E-state index is 0.0700. The summed E-state index contributed by atoms with van der Waals surface area (Å²) >= 11 is 3.44. The molecule has 1 aliphatic heterocycles. The van der Waals surface area contributed by atoms with Gasteiger partial charge in [-0.3, -0.25) is 0 Å². The van der Waals surface area contributed by atoms with Crippen LogP contribution in [0.25, 0.3) is 11.1 Å². The molecule has 0 spiro atoms. The van der Waals surface area contributed by atoms with Crippen molar-refractivity contribution in [3.05, 3.63) is 22.5 Å². The van der Waals surface area contributed by atoms with Crippen molar-refractivity contribution in [1.29, 1.82) is 0 Å². The van der Waals surface area contributed by atoms with Crippen LogP contribution in [0.4, 0.5) is 10.5 Å². The van der Waals surface area contributed by atoms with Gasteiger partial charge in [0.15, 0.2) is 11.5 Å². The molecule has 2 aromatic rings. The number of carbonyl (C=O) groups excluding carboxylic acids is 1. The Morgan fingerprint density at radius 2 is 2.38 bits per heavy atom. The second-order valence-electron chi connectivity index (χ2n) is 5.47. The van der Waals surface area contributed by atoms with Crippen LogP contribution in [0.2, 0.25) is 0 Å². The number of aromatic nitrogens is 1. The summed E-state index contributed by atoms with van der Waals surface area (Å²) in [6.45, 7) is 5.61. The fourth-order valence-electron chi connectivity index (χ4n) is 2.75. The first kappa shape index (κ1) is 14.4. The molecule has 1 N–H and O–H groups in total. The van der Waals surface area contributed by atoms with Crippen LogP contribution in [-0.2, 0) is 0 Å². The molecule has 1 aliphatic rings. The van der Waals surface area contributed by atoms with Crippen LogP contribution in [0.15, 0.2) is 21.0 Å². The molecule has 1 fully saturated rings. The smallest absolute Gasteiger partial charge is 0.321 e. The van der Waals surface area contributed by atoms with Crippen LogP contribution in [0.3, 0.4) is 0 Å². The first-order chi connectivity index (χ1) is 10.1. The maximum Gasteiger partial charge on any atom is 0.321 e. The first-order valence-corrected chi connectivity index (χ1v) is 7.98. The Balaban J connectivity index is 1.83. The number of aryl methyl sites for hydroxylation is 1. The van der Waals surface area contributed by atoms with Crippen molar-refractivity contribution in [3.63, 3.8) is 0 Å². The molecule has 1 saturated heterocycles. The molecule has 1 unspecified atom stereocenters. The third kappa shape index (κ3) is 2.90. The van der Waals surface area contributed by atoms with Gasteiger partial charge in [0, 0.05) is 24.5 Å². The number of fused-ring (bicyclic) bond motifs is 1. The summed E-state index contributed by atoms with van der Waals surface area (Å²) in [5, 5.41) is 2.95. The third-order valence-corrected chi connectivity index (χ3v) is 4.41. The predicted octanol–water partition coefficient (Wildman–Crippen LogP) is 4.16.